The molecule has 0 radical (unpaired) electrons. The lowest BCUT2D eigenvalue weighted by atomic mass is 10.1. The van der Waals surface area contributed by atoms with E-state index in [9.17, 15) is 18.0 Å². The first-order valence-electron chi connectivity index (χ1n) is 8.43. The number of hydrogen-bond acceptors (Lipinski definition) is 5. The molecule has 1 fully saturated rings. The minimum absolute atomic E-state index is 0.101. The maximum absolute atomic E-state index is 12.5. The number of hydrogen-bond donors (Lipinski definition) is 0. The van der Waals surface area contributed by atoms with Crippen LogP contribution in [0.15, 0.2) is 22.7 Å². The first-order valence-corrected chi connectivity index (χ1v) is 11.0. The highest BCUT2D eigenvalue weighted by Gasteiger charge is 2.40. The summed E-state index contributed by atoms with van der Waals surface area (Å²) in [7, 11) is -3.01. The molecule has 0 aliphatic carbocycles. The molecule has 136 valence electrons. The number of nitrogens with zero attached hydrogens (tertiary/aromatic N) is 2. The Kier molecular flexibility index (Phi) is 5.31. The fraction of sp³-hybridized carbons (Fsp3) is 0.529. The predicted octanol–water partition coefficient (Wildman–Crippen LogP) is 2.23. The summed E-state index contributed by atoms with van der Waals surface area (Å²) in [5.74, 6) is -0.755. The molecule has 0 aromatic heterocycles. The van der Waals surface area contributed by atoms with E-state index in [-0.39, 0.29) is 24.2 Å². The standard InChI is InChI=1S/C17H21BrN2O4S/c1-2-3-8-19(12-7-9-25(23,24)10-12)11-20-14-6-4-5-13(18)15(14)16(21)17(20)22/h4-6,12H,2-3,7-11H2,1H3. The Morgan fingerprint density at radius 2 is 2.08 bits per heavy atom. The SMILES string of the molecule is CCCCN(CN1C(=O)C(=O)c2c(Br)cccc21)C1CCS(=O)(=O)C1. The minimum atomic E-state index is -3.01. The fourth-order valence-electron chi connectivity index (χ4n) is 3.42. The van der Waals surface area contributed by atoms with Gasteiger partial charge in [-0.3, -0.25) is 19.4 Å². The van der Waals surface area contributed by atoms with Crippen molar-refractivity contribution in [1.29, 1.82) is 0 Å². The van der Waals surface area contributed by atoms with Crippen LogP contribution < -0.4 is 4.90 Å². The zero-order valence-electron chi connectivity index (χ0n) is 14.1. The van der Waals surface area contributed by atoms with Crippen molar-refractivity contribution in [2.24, 2.45) is 0 Å². The fourth-order valence-corrected chi connectivity index (χ4v) is 5.71. The number of amides is 1. The number of sulfone groups is 1. The normalized spacial score (nSPS) is 22.0. The largest absolute Gasteiger partial charge is 0.300 e. The second-order valence-corrected chi connectivity index (χ2v) is 9.64. The smallest absolute Gasteiger partial charge is 0.291 e. The first-order chi connectivity index (χ1) is 11.8. The molecule has 25 heavy (non-hydrogen) atoms. The van der Waals surface area contributed by atoms with Crippen LogP contribution in [0.2, 0.25) is 0 Å². The summed E-state index contributed by atoms with van der Waals surface area (Å²) < 4.78 is 24.3. The van der Waals surface area contributed by atoms with Crippen LogP contribution in [-0.4, -0.2) is 55.8 Å². The van der Waals surface area contributed by atoms with Gasteiger partial charge in [-0.25, -0.2) is 8.42 Å². The molecule has 1 saturated heterocycles. The van der Waals surface area contributed by atoms with Crippen LogP contribution in [0.3, 0.4) is 0 Å². The molecular weight excluding hydrogens is 408 g/mol. The van der Waals surface area contributed by atoms with Crippen molar-refractivity contribution in [2.45, 2.75) is 32.2 Å². The summed E-state index contributed by atoms with van der Waals surface area (Å²) >= 11 is 3.34. The van der Waals surface area contributed by atoms with Crippen molar-refractivity contribution in [3.63, 3.8) is 0 Å². The number of rotatable bonds is 6. The Balaban J connectivity index is 1.86. The van der Waals surface area contributed by atoms with Gasteiger partial charge in [0.25, 0.3) is 5.78 Å². The highest BCUT2D eigenvalue weighted by molar-refractivity contribution is 9.10. The number of fused-ring (bicyclic) bond motifs is 1. The third-order valence-electron chi connectivity index (χ3n) is 4.80. The van der Waals surface area contributed by atoms with Crippen LogP contribution in [0.5, 0.6) is 0 Å². The van der Waals surface area contributed by atoms with Crippen molar-refractivity contribution in [1.82, 2.24) is 4.90 Å². The molecule has 3 rings (SSSR count). The van der Waals surface area contributed by atoms with Gasteiger partial charge in [-0.15, -0.1) is 0 Å². The van der Waals surface area contributed by atoms with Gasteiger partial charge in [0, 0.05) is 17.1 Å². The van der Waals surface area contributed by atoms with Gasteiger partial charge in [0.15, 0.2) is 9.84 Å². The van der Waals surface area contributed by atoms with Gasteiger partial charge in [-0.05, 0) is 40.9 Å². The second kappa shape index (κ2) is 7.17. The van der Waals surface area contributed by atoms with Crippen molar-refractivity contribution in [3.8, 4) is 0 Å². The van der Waals surface area contributed by atoms with E-state index in [1.54, 1.807) is 18.2 Å². The molecular formula is C17H21BrN2O4S. The second-order valence-electron chi connectivity index (χ2n) is 6.56. The lowest BCUT2D eigenvalue weighted by Gasteiger charge is -2.32. The Morgan fingerprint density at radius 3 is 2.72 bits per heavy atom. The number of halogens is 1. The van der Waals surface area contributed by atoms with Gasteiger partial charge in [0.05, 0.1) is 29.4 Å². The molecule has 1 aromatic rings. The minimum Gasteiger partial charge on any atom is -0.291 e. The predicted molar refractivity (Wildman–Crippen MR) is 99.5 cm³/mol. The average molecular weight is 429 g/mol. The Morgan fingerprint density at radius 1 is 1.32 bits per heavy atom. The van der Waals surface area contributed by atoms with Gasteiger partial charge in [-0.2, -0.15) is 0 Å². The topological polar surface area (TPSA) is 74.8 Å². The van der Waals surface area contributed by atoms with Crippen LogP contribution in [0, 0.1) is 0 Å². The van der Waals surface area contributed by atoms with E-state index in [4.69, 9.17) is 0 Å². The molecule has 1 unspecified atom stereocenters. The van der Waals surface area contributed by atoms with Crippen LogP contribution >= 0.6 is 15.9 Å². The van der Waals surface area contributed by atoms with E-state index in [0.29, 0.717) is 28.7 Å². The van der Waals surface area contributed by atoms with Gasteiger partial charge in [0.2, 0.25) is 0 Å². The molecule has 6 nitrogen and oxygen atoms in total. The number of benzene rings is 1. The molecule has 0 N–H and O–H groups in total. The molecule has 0 saturated carbocycles. The molecule has 1 aromatic carbocycles. The summed E-state index contributed by atoms with van der Waals surface area (Å²) in [6.07, 6.45) is 2.47. The number of unbranched alkanes of at least 4 members (excludes halogenated alkanes) is 1. The summed E-state index contributed by atoms with van der Waals surface area (Å²) in [4.78, 5) is 28.3. The average Bonchev–Trinajstić information content (AvgIpc) is 3.04. The highest BCUT2D eigenvalue weighted by atomic mass is 79.9. The third kappa shape index (κ3) is 3.66. The molecule has 0 spiro atoms. The number of carbonyl (C=O) groups excluding carboxylic acids is 2. The van der Waals surface area contributed by atoms with Crippen molar-refractivity contribution >= 4 is 43.1 Å². The van der Waals surface area contributed by atoms with Crippen molar-refractivity contribution in [3.05, 3.63) is 28.2 Å². The van der Waals surface area contributed by atoms with E-state index < -0.39 is 21.5 Å². The van der Waals surface area contributed by atoms with E-state index in [0.717, 1.165) is 12.8 Å². The monoisotopic (exact) mass is 428 g/mol. The van der Waals surface area contributed by atoms with Crippen molar-refractivity contribution < 1.29 is 18.0 Å². The van der Waals surface area contributed by atoms with Crippen LogP contribution in [-0.2, 0) is 14.6 Å². The highest BCUT2D eigenvalue weighted by Crippen LogP contribution is 2.34. The third-order valence-corrected chi connectivity index (χ3v) is 7.21. The molecule has 2 aliphatic heterocycles. The van der Waals surface area contributed by atoms with Gasteiger partial charge < -0.3 is 0 Å². The molecule has 8 heteroatoms. The molecule has 1 atom stereocenters. The van der Waals surface area contributed by atoms with Gasteiger partial charge in [0.1, 0.15) is 0 Å². The van der Waals surface area contributed by atoms with Crippen LogP contribution in [0.1, 0.15) is 36.5 Å². The van der Waals surface area contributed by atoms with E-state index in [1.807, 2.05) is 4.90 Å². The van der Waals surface area contributed by atoms with E-state index in [1.165, 1.54) is 4.90 Å². The van der Waals surface area contributed by atoms with Gasteiger partial charge >= 0.3 is 5.91 Å². The first kappa shape index (κ1) is 18.5. The van der Waals surface area contributed by atoms with E-state index in [2.05, 4.69) is 22.9 Å². The number of carbonyl (C=O) groups is 2. The Hall–Kier alpha value is -1.25. The lowest BCUT2D eigenvalue weighted by Crippen LogP contribution is -2.46. The summed E-state index contributed by atoms with van der Waals surface area (Å²) in [5, 5.41) is 0. The molecule has 0 bridgehead atoms. The lowest BCUT2D eigenvalue weighted by molar-refractivity contribution is -0.114. The van der Waals surface area contributed by atoms with Gasteiger partial charge in [-0.1, -0.05) is 19.4 Å². The van der Waals surface area contributed by atoms with E-state index >= 15 is 0 Å². The molecule has 2 heterocycles. The quantitative estimate of drug-likeness (QED) is 0.649. The maximum Gasteiger partial charge on any atom is 0.300 e. The van der Waals surface area contributed by atoms with Crippen molar-refractivity contribution in [2.75, 3.05) is 29.6 Å². The number of anilines is 1. The summed E-state index contributed by atoms with van der Waals surface area (Å²) in [6.45, 7) is 3.02. The summed E-state index contributed by atoms with van der Waals surface area (Å²) in [5.41, 5.74) is 0.980. The Labute approximate surface area is 156 Å². The number of Topliss-reactive ketones (excluding diaryl/α,β-unsaturated/α-hetero) is 1. The van der Waals surface area contributed by atoms with Crippen LogP contribution in [0.25, 0.3) is 0 Å². The zero-order chi connectivity index (χ0) is 18.2. The van der Waals surface area contributed by atoms with Crippen LogP contribution in [0.4, 0.5) is 5.69 Å². The number of ketones is 1. The Bertz CT molecular complexity index is 809. The summed E-state index contributed by atoms with van der Waals surface area (Å²) in [6, 6.07) is 5.19. The maximum atomic E-state index is 12.5. The molecule has 1 amide bonds. The zero-order valence-corrected chi connectivity index (χ0v) is 16.5. The molecule has 2 aliphatic rings.